The Labute approximate surface area is 81.3 Å². The van der Waals surface area contributed by atoms with Crippen molar-refractivity contribution in [1.82, 2.24) is 0 Å². The fourth-order valence-electron chi connectivity index (χ4n) is 1.16. The third kappa shape index (κ3) is 1.99. The van der Waals surface area contributed by atoms with Crippen LogP contribution in [0.15, 0.2) is 18.2 Å². The monoisotopic (exact) mass is 228 g/mol. The van der Waals surface area contributed by atoms with Crippen molar-refractivity contribution in [2.75, 3.05) is 5.43 Å². The van der Waals surface area contributed by atoms with Crippen LogP contribution in [0.4, 0.5) is 5.69 Å². The second kappa shape index (κ2) is 3.92. The average Bonchev–Trinajstić information content (AvgIpc) is 2.05. The first-order valence-electron chi connectivity index (χ1n) is 3.86. The Kier molecular flexibility index (Phi) is 3.12. The minimum atomic E-state index is 0.366. The van der Waals surface area contributed by atoms with Gasteiger partial charge in [-0.25, -0.2) is 0 Å². The minimum Gasteiger partial charge on any atom is -0.324 e. The molecule has 0 radical (unpaired) electrons. The Bertz CT molecular complexity index is 271. The lowest BCUT2D eigenvalue weighted by Gasteiger charge is -2.10. The molecular weight excluding hydrogens is 216 g/mol. The van der Waals surface area contributed by atoms with Gasteiger partial charge in [-0.2, -0.15) is 0 Å². The quantitative estimate of drug-likeness (QED) is 0.465. The van der Waals surface area contributed by atoms with Gasteiger partial charge in [0, 0.05) is 10.5 Å². The Hall–Kier alpha value is -0.540. The molecule has 0 aliphatic carbocycles. The van der Waals surface area contributed by atoms with Crippen molar-refractivity contribution in [3.8, 4) is 0 Å². The van der Waals surface area contributed by atoms with E-state index in [1.54, 1.807) is 0 Å². The molecule has 0 bridgehead atoms. The SMILES string of the molecule is Cc1ccc(NN)cc1C(C)Br. The summed E-state index contributed by atoms with van der Waals surface area (Å²) < 4.78 is 0. The molecule has 66 valence electrons. The molecule has 1 atom stereocenters. The number of hydrogen-bond acceptors (Lipinski definition) is 2. The number of benzene rings is 1. The first-order chi connectivity index (χ1) is 5.65. The second-order valence-corrected chi connectivity index (χ2v) is 4.21. The maximum atomic E-state index is 5.30. The van der Waals surface area contributed by atoms with Gasteiger partial charge < -0.3 is 5.43 Å². The van der Waals surface area contributed by atoms with Crippen LogP contribution in [0.2, 0.25) is 0 Å². The molecule has 1 unspecified atom stereocenters. The van der Waals surface area contributed by atoms with Crippen LogP contribution in [-0.2, 0) is 0 Å². The molecule has 2 nitrogen and oxygen atoms in total. The lowest BCUT2D eigenvalue weighted by Crippen LogP contribution is -2.07. The number of halogens is 1. The third-order valence-electron chi connectivity index (χ3n) is 1.87. The molecule has 0 heterocycles. The van der Waals surface area contributed by atoms with Gasteiger partial charge in [-0.1, -0.05) is 22.0 Å². The van der Waals surface area contributed by atoms with Gasteiger partial charge in [0.05, 0.1) is 0 Å². The summed E-state index contributed by atoms with van der Waals surface area (Å²) in [6, 6.07) is 6.07. The van der Waals surface area contributed by atoms with E-state index < -0.39 is 0 Å². The molecule has 3 heteroatoms. The summed E-state index contributed by atoms with van der Waals surface area (Å²) in [5, 5.41) is 0. The van der Waals surface area contributed by atoms with Gasteiger partial charge in [0.1, 0.15) is 0 Å². The van der Waals surface area contributed by atoms with E-state index in [0.717, 1.165) is 5.69 Å². The predicted octanol–water partition coefficient (Wildman–Crippen LogP) is 2.74. The maximum Gasteiger partial charge on any atom is 0.0488 e. The number of nitrogens with one attached hydrogen (secondary N) is 1. The summed E-state index contributed by atoms with van der Waals surface area (Å²) in [5.41, 5.74) is 6.12. The molecule has 3 N–H and O–H groups in total. The molecule has 0 amide bonds. The molecular formula is C9H13BrN2. The van der Waals surface area contributed by atoms with Crippen molar-refractivity contribution < 1.29 is 0 Å². The van der Waals surface area contributed by atoms with Gasteiger partial charge in [-0.3, -0.25) is 5.84 Å². The summed E-state index contributed by atoms with van der Waals surface area (Å²) in [4.78, 5) is 0.366. The molecule has 12 heavy (non-hydrogen) atoms. The summed E-state index contributed by atoms with van der Waals surface area (Å²) >= 11 is 3.53. The molecule has 1 aromatic carbocycles. The van der Waals surface area contributed by atoms with E-state index in [1.165, 1.54) is 11.1 Å². The van der Waals surface area contributed by atoms with Gasteiger partial charge in [-0.05, 0) is 37.1 Å². The second-order valence-electron chi connectivity index (χ2n) is 2.83. The van der Waals surface area contributed by atoms with E-state index in [-0.39, 0.29) is 0 Å². The summed E-state index contributed by atoms with van der Waals surface area (Å²) in [6.07, 6.45) is 0. The Morgan fingerprint density at radius 3 is 2.67 bits per heavy atom. The lowest BCUT2D eigenvalue weighted by atomic mass is 10.1. The highest BCUT2D eigenvalue weighted by atomic mass is 79.9. The smallest absolute Gasteiger partial charge is 0.0488 e. The number of aryl methyl sites for hydroxylation is 1. The van der Waals surface area contributed by atoms with E-state index >= 15 is 0 Å². The summed E-state index contributed by atoms with van der Waals surface area (Å²) in [7, 11) is 0. The number of nitrogens with two attached hydrogens (primary N) is 1. The first-order valence-corrected chi connectivity index (χ1v) is 4.78. The topological polar surface area (TPSA) is 38.0 Å². The lowest BCUT2D eigenvalue weighted by molar-refractivity contribution is 1.09. The van der Waals surface area contributed by atoms with Crippen LogP contribution in [0.3, 0.4) is 0 Å². The van der Waals surface area contributed by atoms with E-state index in [0.29, 0.717) is 4.83 Å². The molecule has 1 rings (SSSR count). The highest BCUT2D eigenvalue weighted by Crippen LogP contribution is 2.27. The number of nitrogen functional groups attached to an aromatic ring is 1. The Morgan fingerprint density at radius 1 is 1.50 bits per heavy atom. The minimum absolute atomic E-state index is 0.366. The van der Waals surface area contributed by atoms with E-state index in [1.807, 2.05) is 6.07 Å². The van der Waals surface area contributed by atoms with Crippen LogP contribution in [0.25, 0.3) is 0 Å². The highest BCUT2D eigenvalue weighted by molar-refractivity contribution is 9.09. The van der Waals surface area contributed by atoms with Crippen LogP contribution in [0.1, 0.15) is 22.9 Å². The Morgan fingerprint density at radius 2 is 2.17 bits per heavy atom. The van der Waals surface area contributed by atoms with Gasteiger partial charge in [-0.15, -0.1) is 0 Å². The molecule has 0 spiro atoms. The number of rotatable bonds is 2. The number of anilines is 1. The van der Waals surface area contributed by atoms with Crippen molar-refractivity contribution >= 4 is 21.6 Å². The largest absolute Gasteiger partial charge is 0.324 e. The number of hydrogen-bond donors (Lipinski definition) is 2. The van der Waals surface area contributed by atoms with Gasteiger partial charge in [0.15, 0.2) is 0 Å². The van der Waals surface area contributed by atoms with E-state index in [4.69, 9.17) is 5.84 Å². The van der Waals surface area contributed by atoms with Gasteiger partial charge >= 0.3 is 0 Å². The van der Waals surface area contributed by atoms with Crippen LogP contribution >= 0.6 is 15.9 Å². The highest BCUT2D eigenvalue weighted by Gasteiger charge is 2.04. The van der Waals surface area contributed by atoms with Crippen molar-refractivity contribution in [1.29, 1.82) is 0 Å². The van der Waals surface area contributed by atoms with Crippen LogP contribution < -0.4 is 11.3 Å². The molecule has 0 saturated heterocycles. The average molecular weight is 229 g/mol. The van der Waals surface area contributed by atoms with Crippen molar-refractivity contribution in [2.45, 2.75) is 18.7 Å². The standard InChI is InChI=1S/C9H13BrN2/c1-6-3-4-8(12-11)5-9(6)7(2)10/h3-5,7,12H,11H2,1-2H3. The molecule has 1 aromatic rings. The van der Waals surface area contributed by atoms with Crippen LogP contribution in [0.5, 0.6) is 0 Å². The zero-order valence-electron chi connectivity index (χ0n) is 7.26. The number of hydrazine groups is 1. The van der Waals surface area contributed by atoms with Gasteiger partial charge in [0.2, 0.25) is 0 Å². The fraction of sp³-hybridized carbons (Fsp3) is 0.333. The summed E-state index contributed by atoms with van der Waals surface area (Å²) in [5.74, 6) is 5.30. The van der Waals surface area contributed by atoms with Crippen LogP contribution in [0, 0.1) is 6.92 Å². The normalized spacial score (nSPS) is 12.7. The zero-order valence-corrected chi connectivity index (χ0v) is 8.85. The maximum absolute atomic E-state index is 5.30. The first kappa shape index (κ1) is 9.55. The van der Waals surface area contributed by atoms with Gasteiger partial charge in [0.25, 0.3) is 0 Å². The fourth-order valence-corrected chi connectivity index (χ4v) is 1.65. The zero-order chi connectivity index (χ0) is 9.14. The van der Waals surface area contributed by atoms with Crippen molar-refractivity contribution in [2.24, 2.45) is 5.84 Å². The van der Waals surface area contributed by atoms with Crippen molar-refractivity contribution in [3.63, 3.8) is 0 Å². The number of alkyl halides is 1. The molecule has 0 fully saturated rings. The van der Waals surface area contributed by atoms with Crippen molar-refractivity contribution in [3.05, 3.63) is 29.3 Å². The third-order valence-corrected chi connectivity index (χ3v) is 2.37. The summed E-state index contributed by atoms with van der Waals surface area (Å²) in [6.45, 7) is 4.19. The van der Waals surface area contributed by atoms with Crippen LogP contribution in [-0.4, -0.2) is 0 Å². The van der Waals surface area contributed by atoms with E-state index in [9.17, 15) is 0 Å². The Balaban J connectivity index is 3.08. The van der Waals surface area contributed by atoms with E-state index in [2.05, 4.69) is 47.3 Å². The molecule has 0 saturated carbocycles. The molecule has 0 aliphatic rings. The molecule has 0 aromatic heterocycles. The molecule has 0 aliphatic heterocycles. The predicted molar refractivity (Wildman–Crippen MR) is 56.3 cm³/mol.